The second kappa shape index (κ2) is 15.2. The van der Waals surface area contributed by atoms with E-state index < -0.39 is 11.8 Å². The van der Waals surface area contributed by atoms with Crippen LogP contribution in [-0.2, 0) is 4.79 Å². The molecule has 0 aromatic heterocycles. The summed E-state index contributed by atoms with van der Waals surface area (Å²) in [6.45, 7) is 0. The van der Waals surface area contributed by atoms with Crippen LogP contribution in [0, 0.1) is 11.3 Å². The lowest BCUT2D eigenvalue weighted by atomic mass is 9.86. The SMILES string of the molecule is N#C/C(=C(/NC(=O)c1ccccc1)SCC(=O)Nc1ccc(Br)cc1)[C@@H](CC(=O)c1ccccc1)c1ccccc1Cl. The van der Waals surface area contributed by atoms with Crippen molar-refractivity contribution in [2.24, 2.45) is 0 Å². The van der Waals surface area contributed by atoms with Crippen molar-refractivity contribution >= 4 is 62.6 Å². The van der Waals surface area contributed by atoms with Crippen LogP contribution in [-0.4, -0.2) is 23.4 Å². The van der Waals surface area contributed by atoms with Crippen LogP contribution in [0.2, 0.25) is 5.02 Å². The van der Waals surface area contributed by atoms with E-state index in [9.17, 15) is 19.6 Å². The smallest absolute Gasteiger partial charge is 0.256 e. The van der Waals surface area contributed by atoms with Gasteiger partial charge < -0.3 is 10.6 Å². The molecule has 6 nitrogen and oxygen atoms in total. The molecule has 0 aliphatic rings. The van der Waals surface area contributed by atoms with Gasteiger partial charge in [-0.2, -0.15) is 5.26 Å². The molecule has 0 fully saturated rings. The van der Waals surface area contributed by atoms with Crippen molar-refractivity contribution in [3.63, 3.8) is 0 Å². The maximum Gasteiger partial charge on any atom is 0.256 e. The van der Waals surface area contributed by atoms with Gasteiger partial charge in [0.2, 0.25) is 5.91 Å². The van der Waals surface area contributed by atoms with Gasteiger partial charge in [-0.05, 0) is 48.0 Å². The molecular formula is C33H25BrClN3O3S. The lowest BCUT2D eigenvalue weighted by molar-refractivity contribution is -0.113. The highest BCUT2D eigenvalue weighted by atomic mass is 79.9. The number of carbonyl (C=O) groups excluding carboxylic acids is 3. The van der Waals surface area contributed by atoms with Gasteiger partial charge >= 0.3 is 0 Å². The molecule has 1 atom stereocenters. The Balaban J connectivity index is 1.72. The molecule has 4 rings (SSSR count). The zero-order chi connectivity index (χ0) is 29.9. The third-order valence-corrected chi connectivity index (χ3v) is 8.11. The summed E-state index contributed by atoms with van der Waals surface area (Å²) in [7, 11) is 0. The van der Waals surface area contributed by atoms with Crippen LogP contribution < -0.4 is 10.6 Å². The van der Waals surface area contributed by atoms with E-state index in [0.717, 1.165) is 16.2 Å². The number of nitrogens with one attached hydrogen (secondary N) is 2. The molecular weight excluding hydrogens is 634 g/mol. The number of hydrogen-bond donors (Lipinski definition) is 2. The first kappa shape index (κ1) is 30.8. The monoisotopic (exact) mass is 657 g/mol. The first-order chi connectivity index (χ1) is 20.4. The van der Waals surface area contributed by atoms with Crippen LogP contribution in [0.4, 0.5) is 5.69 Å². The number of ketones is 1. The van der Waals surface area contributed by atoms with E-state index in [-0.39, 0.29) is 34.5 Å². The van der Waals surface area contributed by atoms with Crippen molar-refractivity contribution < 1.29 is 14.4 Å². The van der Waals surface area contributed by atoms with Gasteiger partial charge in [0.05, 0.1) is 22.4 Å². The topological polar surface area (TPSA) is 99.1 Å². The summed E-state index contributed by atoms with van der Waals surface area (Å²) in [5, 5.41) is 16.7. The Morgan fingerprint density at radius 2 is 1.43 bits per heavy atom. The van der Waals surface area contributed by atoms with Crippen molar-refractivity contribution in [2.75, 3.05) is 11.1 Å². The largest absolute Gasteiger partial charge is 0.325 e. The van der Waals surface area contributed by atoms with Crippen LogP contribution in [0.5, 0.6) is 0 Å². The van der Waals surface area contributed by atoms with Crippen LogP contribution in [0.1, 0.15) is 38.6 Å². The summed E-state index contributed by atoms with van der Waals surface area (Å²) < 4.78 is 0.873. The number of hydrogen-bond acceptors (Lipinski definition) is 5. The minimum Gasteiger partial charge on any atom is -0.325 e. The van der Waals surface area contributed by atoms with Gasteiger partial charge in [-0.25, -0.2) is 0 Å². The Morgan fingerprint density at radius 1 is 0.833 bits per heavy atom. The Labute approximate surface area is 261 Å². The Bertz CT molecular complexity index is 1640. The summed E-state index contributed by atoms with van der Waals surface area (Å²) in [4.78, 5) is 39.5. The molecule has 0 bridgehead atoms. The highest BCUT2D eigenvalue weighted by Crippen LogP contribution is 2.37. The summed E-state index contributed by atoms with van der Waals surface area (Å²) >= 11 is 11.0. The number of nitrogens with zero attached hydrogens (tertiary/aromatic N) is 1. The number of benzene rings is 4. The molecule has 4 aromatic carbocycles. The molecule has 2 N–H and O–H groups in total. The summed E-state index contributed by atoms with van der Waals surface area (Å²) in [6.07, 6.45) is -0.0764. The second-order valence-corrected chi connectivity index (χ2v) is 11.4. The standard InChI is InChI=1S/C33H25BrClN3O3S/c34-24-15-17-25(18-16-24)37-31(40)21-42-33(38-32(41)23-11-5-2-6-12-23)28(20-36)27(26-13-7-8-14-29(26)35)19-30(39)22-9-3-1-4-10-22/h1-18,27H,19,21H2,(H,37,40)(H,38,41)/b33-28+/t27-/m0/s1. The molecule has 0 aliphatic heterocycles. The molecule has 42 heavy (non-hydrogen) atoms. The molecule has 0 spiro atoms. The molecule has 0 radical (unpaired) electrons. The van der Waals surface area contributed by atoms with Gasteiger partial charge in [0.1, 0.15) is 0 Å². The van der Waals surface area contributed by atoms with E-state index in [4.69, 9.17) is 11.6 Å². The number of nitriles is 1. The first-order valence-electron chi connectivity index (χ1n) is 12.9. The fraction of sp³-hybridized carbons (Fsp3) is 0.0909. The van der Waals surface area contributed by atoms with Gasteiger partial charge in [-0.15, -0.1) is 0 Å². The second-order valence-electron chi connectivity index (χ2n) is 9.09. The third kappa shape index (κ3) is 8.43. The molecule has 0 aliphatic carbocycles. The maximum atomic E-state index is 13.4. The highest BCUT2D eigenvalue weighted by molar-refractivity contribution is 9.10. The molecule has 4 aromatic rings. The van der Waals surface area contributed by atoms with Crippen molar-refractivity contribution in [3.8, 4) is 6.07 Å². The third-order valence-electron chi connectivity index (χ3n) is 6.22. The zero-order valence-electron chi connectivity index (χ0n) is 22.2. The molecule has 0 saturated carbocycles. The first-order valence-corrected chi connectivity index (χ1v) is 15.0. The normalized spacial score (nSPS) is 11.9. The number of anilines is 1. The van der Waals surface area contributed by atoms with Crippen LogP contribution in [0.15, 0.2) is 124 Å². The average molecular weight is 659 g/mol. The minimum atomic E-state index is -0.787. The Hall–Kier alpha value is -4.16. The number of rotatable bonds is 11. The number of Topliss-reactive ketones (excluding diaryl/α,β-unsaturated/α-hetero) is 1. The van der Waals surface area contributed by atoms with Gasteiger partial charge in [0, 0.05) is 38.6 Å². The van der Waals surface area contributed by atoms with Gasteiger partial charge in [0.15, 0.2) is 5.78 Å². The minimum absolute atomic E-state index is 0.0764. The fourth-order valence-corrected chi connectivity index (χ4v) is 5.54. The van der Waals surface area contributed by atoms with Crippen molar-refractivity contribution in [3.05, 3.63) is 146 Å². The van der Waals surface area contributed by atoms with E-state index in [0.29, 0.717) is 27.4 Å². The molecule has 0 saturated heterocycles. The molecule has 9 heteroatoms. The summed E-state index contributed by atoms with van der Waals surface area (Å²) in [6, 6.07) is 33.6. The number of allylic oxidation sites excluding steroid dienone is 1. The predicted octanol–water partition coefficient (Wildman–Crippen LogP) is 8.00. The van der Waals surface area contributed by atoms with Gasteiger partial charge in [-0.1, -0.05) is 106 Å². The highest BCUT2D eigenvalue weighted by Gasteiger charge is 2.28. The van der Waals surface area contributed by atoms with Crippen LogP contribution in [0.3, 0.4) is 0 Å². The molecule has 0 unspecified atom stereocenters. The number of halogens is 2. The molecule has 210 valence electrons. The average Bonchev–Trinajstić information content (AvgIpc) is 3.01. The van der Waals surface area contributed by atoms with Gasteiger partial charge in [-0.3, -0.25) is 14.4 Å². The molecule has 0 heterocycles. The zero-order valence-corrected chi connectivity index (χ0v) is 25.4. The summed E-state index contributed by atoms with van der Waals surface area (Å²) in [5.74, 6) is -1.87. The maximum absolute atomic E-state index is 13.4. The lowest BCUT2D eigenvalue weighted by Crippen LogP contribution is -2.25. The number of amides is 2. The predicted molar refractivity (Wildman–Crippen MR) is 171 cm³/mol. The lowest BCUT2D eigenvalue weighted by Gasteiger charge is -2.21. The van der Waals surface area contributed by atoms with E-state index >= 15 is 0 Å². The Kier molecular flexibility index (Phi) is 11.1. The van der Waals surface area contributed by atoms with E-state index in [1.807, 2.05) is 6.07 Å². The summed E-state index contributed by atoms with van der Waals surface area (Å²) in [5.41, 5.74) is 2.15. The van der Waals surface area contributed by atoms with E-state index in [1.165, 1.54) is 0 Å². The molecule has 2 amide bonds. The van der Waals surface area contributed by atoms with Crippen molar-refractivity contribution in [2.45, 2.75) is 12.3 Å². The van der Waals surface area contributed by atoms with Crippen LogP contribution >= 0.6 is 39.3 Å². The van der Waals surface area contributed by atoms with Crippen molar-refractivity contribution in [1.29, 1.82) is 5.26 Å². The van der Waals surface area contributed by atoms with Crippen LogP contribution in [0.25, 0.3) is 0 Å². The van der Waals surface area contributed by atoms with E-state index in [1.54, 1.807) is 103 Å². The van der Waals surface area contributed by atoms with Crippen molar-refractivity contribution in [1.82, 2.24) is 5.32 Å². The Morgan fingerprint density at radius 3 is 2.05 bits per heavy atom. The number of carbonyl (C=O) groups is 3. The van der Waals surface area contributed by atoms with Gasteiger partial charge in [0.25, 0.3) is 5.91 Å². The quantitative estimate of drug-likeness (QED) is 0.126. The fourth-order valence-electron chi connectivity index (χ4n) is 4.15. The van der Waals surface area contributed by atoms with E-state index in [2.05, 4.69) is 32.6 Å². The number of thioether (sulfide) groups is 1.